The SMILES string of the molecule is Cc1scc(C(C)(C)C)c1C. The fraction of sp³-hybridized carbons (Fsp3) is 0.600. The van der Waals surface area contributed by atoms with Crippen LogP contribution >= 0.6 is 11.3 Å². The highest BCUT2D eigenvalue weighted by Crippen LogP contribution is 2.31. The second-order valence-electron chi connectivity index (χ2n) is 4.08. The first-order valence-corrected chi connectivity index (χ1v) is 4.86. The van der Waals surface area contributed by atoms with Crippen LogP contribution in [-0.2, 0) is 5.41 Å². The van der Waals surface area contributed by atoms with Crippen LogP contribution in [0.2, 0.25) is 0 Å². The van der Waals surface area contributed by atoms with Gasteiger partial charge in [0.05, 0.1) is 0 Å². The number of hydrogen-bond donors (Lipinski definition) is 0. The molecule has 0 aliphatic heterocycles. The first kappa shape index (κ1) is 8.79. The molecule has 0 aliphatic carbocycles. The summed E-state index contributed by atoms with van der Waals surface area (Å²) in [5, 5.41) is 2.28. The summed E-state index contributed by atoms with van der Waals surface area (Å²) in [6.45, 7) is 11.2. The number of aryl methyl sites for hydroxylation is 1. The molecular formula is C10H16S. The van der Waals surface area contributed by atoms with Gasteiger partial charge in [-0.1, -0.05) is 20.8 Å². The maximum Gasteiger partial charge on any atom is 0.00464 e. The highest BCUT2D eigenvalue weighted by molar-refractivity contribution is 7.10. The van der Waals surface area contributed by atoms with Gasteiger partial charge >= 0.3 is 0 Å². The van der Waals surface area contributed by atoms with Crippen molar-refractivity contribution >= 4 is 11.3 Å². The molecular weight excluding hydrogens is 152 g/mol. The second-order valence-corrected chi connectivity index (χ2v) is 5.16. The Morgan fingerprint density at radius 3 is 1.91 bits per heavy atom. The molecule has 0 saturated carbocycles. The fourth-order valence-corrected chi connectivity index (χ4v) is 2.36. The molecule has 62 valence electrons. The minimum absolute atomic E-state index is 0.314. The standard InChI is InChI=1S/C10H16S/c1-7-8(2)11-6-9(7)10(3,4)5/h6H,1-5H3. The highest BCUT2D eigenvalue weighted by atomic mass is 32.1. The van der Waals surface area contributed by atoms with E-state index in [1.807, 2.05) is 11.3 Å². The first-order valence-electron chi connectivity index (χ1n) is 3.98. The normalized spacial score (nSPS) is 12.1. The van der Waals surface area contributed by atoms with E-state index < -0.39 is 0 Å². The van der Waals surface area contributed by atoms with Crippen molar-refractivity contribution < 1.29 is 0 Å². The molecule has 1 heteroatoms. The average Bonchev–Trinajstić information content (AvgIpc) is 2.11. The van der Waals surface area contributed by atoms with Crippen molar-refractivity contribution in [3.63, 3.8) is 0 Å². The van der Waals surface area contributed by atoms with Crippen LogP contribution in [0.3, 0.4) is 0 Å². The third-order valence-electron chi connectivity index (χ3n) is 2.09. The Bertz CT molecular complexity index is 250. The van der Waals surface area contributed by atoms with E-state index in [2.05, 4.69) is 40.0 Å². The molecule has 0 saturated heterocycles. The third-order valence-corrected chi connectivity index (χ3v) is 3.11. The maximum atomic E-state index is 2.28. The molecule has 0 atom stereocenters. The predicted molar refractivity (Wildman–Crippen MR) is 52.5 cm³/mol. The molecule has 0 amide bonds. The Hall–Kier alpha value is -0.300. The van der Waals surface area contributed by atoms with Crippen molar-refractivity contribution in [2.24, 2.45) is 0 Å². The van der Waals surface area contributed by atoms with Gasteiger partial charge in [0.15, 0.2) is 0 Å². The first-order chi connectivity index (χ1) is 4.93. The summed E-state index contributed by atoms with van der Waals surface area (Å²) in [5.41, 5.74) is 3.29. The summed E-state index contributed by atoms with van der Waals surface area (Å²) in [7, 11) is 0. The molecule has 0 nitrogen and oxygen atoms in total. The molecule has 1 rings (SSSR count). The van der Waals surface area contributed by atoms with Crippen molar-refractivity contribution in [3.05, 3.63) is 21.4 Å². The molecule has 0 N–H and O–H groups in total. The lowest BCUT2D eigenvalue weighted by molar-refractivity contribution is 0.588. The lowest BCUT2D eigenvalue weighted by Gasteiger charge is -2.18. The molecule has 1 aromatic heterocycles. The summed E-state index contributed by atoms with van der Waals surface area (Å²) in [6.07, 6.45) is 0. The Morgan fingerprint density at radius 1 is 1.18 bits per heavy atom. The lowest BCUT2D eigenvalue weighted by atomic mass is 9.86. The fourth-order valence-electron chi connectivity index (χ4n) is 1.25. The smallest absolute Gasteiger partial charge is 0.00464 e. The summed E-state index contributed by atoms with van der Waals surface area (Å²) >= 11 is 1.86. The minimum Gasteiger partial charge on any atom is -0.149 e. The van der Waals surface area contributed by atoms with E-state index in [0.29, 0.717) is 5.41 Å². The van der Waals surface area contributed by atoms with Crippen LogP contribution in [0, 0.1) is 13.8 Å². The van der Waals surface area contributed by atoms with Crippen LogP contribution in [0.4, 0.5) is 0 Å². The maximum absolute atomic E-state index is 2.28. The summed E-state index contributed by atoms with van der Waals surface area (Å²) in [4.78, 5) is 1.45. The zero-order valence-electron chi connectivity index (χ0n) is 7.99. The molecule has 0 aliphatic rings. The molecule has 0 aromatic carbocycles. The van der Waals surface area contributed by atoms with E-state index in [-0.39, 0.29) is 0 Å². The Labute approximate surface area is 73.3 Å². The topological polar surface area (TPSA) is 0 Å². The number of thiophene rings is 1. The molecule has 0 radical (unpaired) electrons. The molecule has 1 heterocycles. The highest BCUT2D eigenvalue weighted by Gasteiger charge is 2.17. The van der Waals surface area contributed by atoms with Crippen molar-refractivity contribution in [3.8, 4) is 0 Å². The Balaban J connectivity index is 3.15. The van der Waals surface area contributed by atoms with Gasteiger partial charge in [0.1, 0.15) is 0 Å². The minimum atomic E-state index is 0.314. The van der Waals surface area contributed by atoms with Gasteiger partial charge in [-0.05, 0) is 35.8 Å². The van der Waals surface area contributed by atoms with E-state index in [9.17, 15) is 0 Å². The van der Waals surface area contributed by atoms with Crippen molar-refractivity contribution in [2.75, 3.05) is 0 Å². The van der Waals surface area contributed by atoms with E-state index in [1.165, 1.54) is 16.0 Å². The van der Waals surface area contributed by atoms with E-state index >= 15 is 0 Å². The average molecular weight is 168 g/mol. The van der Waals surface area contributed by atoms with Gasteiger partial charge in [0.25, 0.3) is 0 Å². The predicted octanol–water partition coefficient (Wildman–Crippen LogP) is 3.66. The largest absolute Gasteiger partial charge is 0.149 e. The zero-order chi connectivity index (χ0) is 8.65. The van der Waals surface area contributed by atoms with Crippen LogP contribution < -0.4 is 0 Å². The van der Waals surface area contributed by atoms with Crippen LogP contribution in [0.5, 0.6) is 0 Å². The Kier molecular flexibility index (Phi) is 2.10. The monoisotopic (exact) mass is 168 g/mol. The van der Waals surface area contributed by atoms with Crippen molar-refractivity contribution in [1.82, 2.24) is 0 Å². The molecule has 11 heavy (non-hydrogen) atoms. The van der Waals surface area contributed by atoms with E-state index in [0.717, 1.165) is 0 Å². The van der Waals surface area contributed by atoms with Crippen LogP contribution in [0.1, 0.15) is 36.8 Å². The third kappa shape index (κ3) is 1.64. The van der Waals surface area contributed by atoms with Crippen molar-refractivity contribution in [2.45, 2.75) is 40.0 Å². The second kappa shape index (κ2) is 2.63. The van der Waals surface area contributed by atoms with E-state index in [4.69, 9.17) is 0 Å². The molecule has 0 bridgehead atoms. The van der Waals surface area contributed by atoms with Crippen LogP contribution in [0.15, 0.2) is 5.38 Å². The Morgan fingerprint density at radius 2 is 1.73 bits per heavy atom. The van der Waals surface area contributed by atoms with Gasteiger partial charge in [-0.2, -0.15) is 0 Å². The summed E-state index contributed by atoms with van der Waals surface area (Å²) in [6, 6.07) is 0. The number of rotatable bonds is 0. The van der Waals surface area contributed by atoms with Gasteiger partial charge in [0, 0.05) is 4.88 Å². The van der Waals surface area contributed by atoms with Crippen molar-refractivity contribution in [1.29, 1.82) is 0 Å². The quantitative estimate of drug-likeness (QED) is 0.554. The molecule has 1 aromatic rings. The van der Waals surface area contributed by atoms with Gasteiger partial charge < -0.3 is 0 Å². The van der Waals surface area contributed by atoms with Gasteiger partial charge in [-0.15, -0.1) is 11.3 Å². The molecule has 0 fully saturated rings. The van der Waals surface area contributed by atoms with Gasteiger partial charge in [-0.25, -0.2) is 0 Å². The molecule has 0 spiro atoms. The van der Waals surface area contributed by atoms with Crippen LogP contribution in [0.25, 0.3) is 0 Å². The zero-order valence-corrected chi connectivity index (χ0v) is 8.80. The van der Waals surface area contributed by atoms with Crippen LogP contribution in [-0.4, -0.2) is 0 Å². The van der Waals surface area contributed by atoms with Gasteiger partial charge in [-0.3, -0.25) is 0 Å². The van der Waals surface area contributed by atoms with E-state index in [1.54, 1.807) is 0 Å². The number of hydrogen-bond acceptors (Lipinski definition) is 1. The summed E-state index contributed by atoms with van der Waals surface area (Å²) in [5.74, 6) is 0. The van der Waals surface area contributed by atoms with Gasteiger partial charge in [0.2, 0.25) is 0 Å². The lowest BCUT2D eigenvalue weighted by Crippen LogP contribution is -2.11. The molecule has 0 unspecified atom stereocenters. The summed E-state index contributed by atoms with van der Waals surface area (Å²) < 4.78 is 0.